The molecule has 0 unspecified atom stereocenters. The Balaban J connectivity index is 2.35. The van der Waals surface area contributed by atoms with Crippen molar-refractivity contribution in [2.24, 2.45) is 0 Å². The van der Waals surface area contributed by atoms with Gasteiger partial charge in [-0.05, 0) is 29.8 Å². The van der Waals surface area contributed by atoms with E-state index in [0.717, 1.165) is 16.4 Å². The van der Waals surface area contributed by atoms with Crippen LogP contribution in [0.15, 0.2) is 41.3 Å². The van der Waals surface area contributed by atoms with Gasteiger partial charge in [0.15, 0.2) is 11.6 Å². The molecule has 2 aromatic rings. The monoisotopic (exact) mass is 365 g/mol. The second-order valence-electron chi connectivity index (χ2n) is 4.56. The molecule has 0 amide bonds. The van der Waals surface area contributed by atoms with Crippen molar-refractivity contribution < 1.29 is 17.2 Å². The third-order valence-corrected chi connectivity index (χ3v) is 5.74. The van der Waals surface area contributed by atoms with E-state index in [-0.39, 0.29) is 21.5 Å². The highest BCUT2D eigenvalue weighted by Crippen LogP contribution is 2.31. The quantitative estimate of drug-likeness (QED) is 0.817. The summed E-state index contributed by atoms with van der Waals surface area (Å²) in [6.45, 7) is -0.152. The van der Waals surface area contributed by atoms with E-state index in [1.54, 1.807) is 0 Å². The number of sulfonamides is 1. The second-order valence-corrected chi connectivity index (χ2v) is 7.36. The first-order chi connectivity index (χ1) is 10.2. The fourth-order valence-corrected chi connectivity index (χ4v) is 4.11. The molecule has 0 aliphatic heterocycles. The molecule has 0 spiro atoms. The Hall–Kier alpha value is -1.21. The lowest BCUT2D eigenvalue weighted by molar-refractivity contribution is 0.462. The van der Waals surface area contributed by atoms with Gasteiger partial charge < -0.3 is 0 Å². The fourth-order valence-electron chi connectivity index (χ4n) is 1.86. The minimum Gasteiger partial charge on any atom is -0.207 e. The minimum absolute atomic E-state index is 0.00960. The van der Waals surface area contributed by atoms with E-state index >= 15 is 0 Å². The molecule has 8 heteroatoms. The maximum absolute atomic E-state index is 13.2. The number of benzene rings is 2. The van der Waals surface area contributed by atoms with Crippen LogP contribution >= 0.6 is 23.2 Å². The first-order valence-electron chi connectivity index (χ1n) is 6.08. The van der Waals surface area contributed by atoms with E-state index in [4.69, 9.17) is 23.2 Å². The summed E-state index contributed by atoms with van der Waals surface area (Å²) in [7, 11) is -2.67. The zero-order valence-electron chi connectivity index (χ0n) is 11.4. The maximum atomic E-state index is 13.2. The van der Waals surface area contributed by atoms with Gasteiger partial charge in [0.25, 0.3) is 0 Å². The van der Waals surface area contributed by atoms with Crippen molar-refractivity contribution >= 4 is 33.2 Å². The van der Waals surface area contributed by atoms with E-state index in [1.807, 2.05) is 0 Å². The van der Waals surface area contributed by atoms with Gasteiger partial charge in [0.05, 0.1) is 10.0 Å². The summed E-state index contributed by atoms with van der Waals surface area (Å²) in [4.78, 5) is -0.219. The zero-order chi connectivity index (χ0) is 16.5. The van der Waals surface area contributed by atoms with Crippen LogP contribution in [0.2, 0.25) is 10.0 Å². The molecule has 0 aliphatic carbocycles. The zero-order valence-corrected chi connectivity index (χ0v) is 13.7. The Morgan fingerprint density at radius 2 is 1.64 bits per heavy atom. The molecule has 2 rings (SSSR count). The molecule has 0 saturated heterocycles. The Morgan fingerprint density at radius 1 is 1.05 bits per heavy atom. The van der Waals surface area contributed by atoms with Crippen molar-refractivity contribution in [3.63, 3.8) is 0 Å². The molecule has 0 aliphatic rings. The smallest absolute Gasteiger partial charge is 0.207 e. The molecule has 118 valence electrons. The fraction of sp³-hybridized carbons (Fsp3) is 0.143. The second kappa shape index (κ2) is 6.50. The van der Waals surface area contributed by atoms with Gasteiger partial charge in [-0.3, -0.25) is 0 Å². The molecule has 0 aromatic heterocycles. The van der Waals surface area contributed by atoms with Gasteiger partial charge in [0.1, 0.15) is 4.90 Å². The van der Waals surface area contributed by atoms with Crippen LogP contribution in [-0.2, 0) is 16.6 Å². The maximum Gasteiger partial charge on any atom is 0.246 e. The summed E-state index contributed by atoms with van der Waals surface area (Å²) in [5, 5.41) is -0.0192. The van der Waals surface area contributed by atoms with E-state index in [9.17, 15) is 17.2 Å². The topological polar surface area (TPSA) is 37.4 Å². The standard InChI is InChI=1S/C14H11Cl2F2NO2S/c1-19(8-9-5-6-12(17)13(18)7-9)22(20,21)14-10(15)3-2-4-11(14)16/h2-7H,8H2,1H3. The lowest BCUT2D eigenvalue weighted by atomic mass is 10.2. The first-order valence-corrected chi connectivity index (χ1v) is 8.27. The Labute approximate surface area is 137 Å². The average Bonchev–Trinajstić information content (AvgIpc) is 2.42. The van der Waals surface area contributed by atoms with E-state index in [1.165, 1.54) is 31.3 Å². The van der Waals surface area contributed by atoms with E-state index in [2.05, 4.69) is 0 Å². The van der Waals surface area contributed by atoms with Gasteiger partial charge in [0.2, 0.25) is 10.0 Å². The van der Waals surface area contributed by atoms with E-state index < -0.39 is 21.7 Å². The van der Waals surface area contributed by atoms with Crippen LogP contribution < -0.4 is 0 Å². The van der Waals surface area contributed by atoms with Crippen molar-refractivity contribution in [2.75, 3.05) is 7.05 Å². The number of hydrogen-bond donors (Lipinski definition) is 0. The first kappa shape index (κ1) is 17.1. The van der Waals surface area contributed by atoms with Crippen LogP contribution in [0.4, 0.5) is 8.78 Å². The predicted octanol–water partition coefficient (Wildman–Crippen LogP) is 4.09. The lowest BCUT2D eigenvalue weighted by Crippen LogP contribution is -2.27. The van der Waals surface area contributed by atoms with Gasteiger partial charge >= 0.3 is 0 Å². The third kappa shape index (κ3) is 3.41. The molecular formula is C14H11Cl2F2NO2S. The van der Waals surface area contributed by atoms with Crippen LogP contribution in [-0.4, -0.2) is 19.8 Å². The number of halogens is 4. The summed E-state index contributed by atoms with van der Waals surface area (Å²) in [5.41, 5.74) is 0.299. The summed E-state index contributed by atoms with van der Waals surface area (Å²) in [5.74, 6) is -2.04. The van der Waals surface area contributed by atoms with Gasteiger partial charge in [0, 0.05) is 13.6 Å². The van der Waals surface area contributed by atoms with Crippen molar-refractivity contribution in [1.82, 2.24) is 4.31 Å². The highest BCUT2D eigenvalue weighted by atomic mass is 35.5. The van der Waals surface area contributed by atoms with Crippen LogP contribution in [0.3, 0.4) is 0 Å². The van der Waals surface area contributed by atoms with Crippen LogP contribution in [0.25, 0.3) is 0 Å². The molecule has 0 atom stereocenters. The molecule has 22 heavy (non-hydrogen) atoms. The van der Waals surface area contributed by atoms with Gasteiger partial charge in [-0.15, -0.1) is 0 Å². The number of hydrogen-bond acceptors (Lipinski definition) is 2. The summed E-state index contributed by atoms with van der Waals surface area (Å²) < 4.78 is 52.1. The molecule has 3 nitrogen and oxygen atoms in total. The summed E-state index contributed by atoms with van der Waals surface area (Å²) >= 11 is 11.8. The summed E-state index contributed by atoms with van der Waals surface area (Å²) in [6.07, 6.45) is 0. The van der Waals surface area contributed by atoms with Crippen molar-refractivity contribution in [3.05, 3.63) is 63.6 Å². The lowest BCUT2D eigenvalue weighted by Gasteiger charge is -2.19. The SMILES string of the molecule is CN(Cc1ccc(F)c(F)c1)S(=O)(=O)c1c(Cl)cccc1Cl. The Morgan fingerprint density at radius 3 is 2.18 bits per heavy atom. The summed E-state index contributed by atoms with van der Waals surface area (Å²) in [6, 6.07) is 7.53. The average molecular weight is 366 g/mol. The Kier molecular flexibility index (Phi) is 5.07. The minimum atomic E-state index is -3.97. The highest BCUT2D eigenvalue weighted by Gasteiger charge is 2.26. The molecule has 2 aromatic carbocycles. The normalized spacial score (nSPS) is 11.9. The van der Waals surface area contributed by atoms with Gasteiger partial charge in [-0.1, -0.05) is 35.3 Å². The molecule has 0 fully saturated rings. The molecule has 0 heterocycles. The molecule has 0 N–H and O–H groups in total. The highest BCUT2D eigenvalue weighted by molar-refractivity contribution is 7.89. The van der Waals surface area contributed by atoms with Crippen molar-refractivity contribution in [2.45, 2.75) is 11.4 Å². The van der Waals surface area contributed by atoms with Crippen LogP contribution in [0, 0.1) is 11.6 Å². The molecule has 0 saturated carbocycles. The molecular weight excluding hydrogens is 355 g/mol. The number of rotatable bonds is 4. The van der Waals surface area contributed by atoms with Gasteiger partial charge in [-0.25, -0.2) is 17.2 Å². The van der Waals surface area contributed by atoms with Crippen LogP contribution in [0.1, 0.15) is 5.56 Å². The van der Waals surface area contributed by atoms with Crippen molar-refractivity contribution in [1.29, 1.82) is 0 Å². The molecule has 0 radical (unpaired) electrons. The molecule has 0 bridgehead atoms. The van der Waals surface area contributed by atoms with E-state index in [0.29, 0.717) is 5.56 Å². The van der Waals surface area contributed by atoms with Crippen LogP contribution in [0.5, 0.6) is 0 Å². The third-order valence-electron chi connectivity index (χ3n) is 2.98. The van der Waals surface area contributed by atoms with Crippen molar-refractivity contribution in [3.8, 4) is 0 Å². The largest absolute Gasteiger partial charge is 0.246 e. The predicted molar refractivity (Wildman–Crippen MR) is 81.5 cm³/mol. The number of nitrogens with zero attached hydrogens (tertiary/aromatic N) is 1. The Bertz CT molecular complexity index is 792. The van der Waals surface area contributed by atoms with Gasteiger partial charge in [-0.2, -0.15) is 4.31 Å².